The predicted molar refractivity (Wildman–Crippen MR) is 99.7 cm³/mol. The molecule has 3 rings (SSSR count). The number of likely N-dealkylation sites (tertiary alicyclic amines) is 1. The summed E-state index contributed by atoms with van der Waals surface area (Å²) in [6.45, 7) is 2.72. The van der Waals surface area contributed by atoms with Gasteiger partial charge in [-0.2, -0.15) is 11.3 Å². The molecule has 0 saturated carbocycles. The van der Waals surface area contributed by atoms with E-state index in [1.165, 1.54) is 18.4 Å². The fourth-order valence-electron chi connectivity index (χ4n) is 3.33. The summed E-state index contributed by atoms with van der Waals surface area (Å²) in [6.07, 6.45) is 2.43. The van der Waals surface area contributed by atoms with Crippen LogP contribution in [0.3, 0.4) is 0 Å². The van der Waals surface area contributed by atoms with Gasteiger partial charge in [-0.15, -0.1) is 0 Å². The van der Waals surface area contributed by atoms with Crippen LogP contribution >= 0.6 is 11.3 Å². The van der Waals surface area contributed by atoms with E-state index < -0.39 is 0 Å². The van der Waals surface area contributed by atoms with E-state index in [2.05, 4.69) is 27.0 Å². The molecular formula is C19H24N2O3S. The first-order valence-corrected chi connectivity index (χ1v) is 9.44. The van der Waals surface area contributed by atoms with Crippen molar-refractivity contribution in [2.24, 2.45) is 0 Å². The van der Waals surface area contributed by atoms with Gasteiger partial charge in [-0.25, -0.2) is 0 Å². The summed E-state index contributed by atoms with van der Waals surface area (Å²) < 4.78 is 10.7. The highest BCUT2D eigenvalue weighted by atomic mass is 32.1. The minimum atomic E-state index is -0.172. The van der Waals surface area contributed by atoms with E-state index in [1.54, 1.807) is 37.7 Å². The van der Waals surface area contributed by atoms with Gasteiger partial charge in [0.05, 0.1) is 20.3 Å². The maximum absolute atomic E-state index is 12.8. The summed E-state index contributed by atoms with van der Waals surface area (Å²) in [4.78, 5) is 15.3. The Bertz CT molecular complexity index is 674. The summed E-state index contributed by atoms with van der Waals surface area (Å²) >= 11 is 1.69. The molecule has 1 unspecified atom stereocenters. The maximum Gasteiger partial charge on any atom is 0.258 e. The lowest BCUT2D eigenvalue weighted by molar-refractivity contribution is 0.0931. The normalized spacial score (nSPS) is 15.8. The Morgan fingerprint density at radius 3 is 2.44 bits per heavy atom. The summed E-state index contributed by atoms with van der Waals surface area (Å²) in [7, 11) is 3.12. The van der Waals surface area contributed by atoms with Gasteiger partial charge >= 0.3 is 0 Å². The van der Waals surface area contributed by atoms with Crippen LogP contribution in [-0.2, 0) is 0 Å². The van der Waals surface area contributed by atoms with Crippen LogP contribution in [0.5, 0.6) is 11.5 Å². The van der Waals surface area contributed by atoms with Gasteiger partial charge in [0.15, 0.2) is 0 Å². The van der Waals surface area contributed by atoms with Crippen LogP contribution in [0.1, 0.15) is 34.8 Å². The number of hydrogen-bond donors (Lipinski definition) is 1. The molecule has 2 aromatic rings. The van der Waals surface area contributed by atoms with Gasteiger partial charge in [-0.05, 0) is 60.5 Å². The molecule has 1 aliphatic heterocycles. The molecule has 1 amide bonds. The molecule has 134 valence electrons. The highest BCUT2D eigenvalue weighted by Gasteiger charge is 2.25. The molecule has 0 spiro atoms. The molecule has 6 heteroatoms. The SMILES string of the molecule is COc1cccc(OC)c1C(=O)NCC(c1ccsc1)N1CCCC1. The monoisotopic (exact) mass is 360 g/mol. The van der Waals surface area contributed by atoms with Crippen molar-refractivity contribution in [3.8, 4) is 11.5 Å². The van der Waals surface area contributed by atoms with E-state index in [0.717, 1.165) is 13.1 Å². The molecule has 1 aromatic heterocycles. The highest BCUT2D eigenvalue weighted by molar-refractivity contribution is 7.07. The third-order valence-corrected chi connectivity index (χ3v) is 5.32. The summed E-state index contributed by atoms with van der Waals surface area (Å²) in [5.41, 5.74) is 1.71. The summed E-state index contributed by atoms with van der Waals surface area (Å²) in [5, 5.41) is 7.33. The third-order valence-electron chi connectivity index (χ3n) is 4.62. The molecule has 5 nitrogen and oxygen atoms in total. The first-order chi connectivity index (χ1) is 12.2. The molecule has 25 heavy (non-hydrogen) atoms. The standard InChI is InChI=1S/C19H24N2O3S/c1-23-16-6-5-7-17(24-2)18(16)19(22)20-12-15(14-8-11-25-13-14)21-9-3-4-10-21/h5-8,11,13,15H,3-4,9-10,12H2,1-2H3,(H,20,22). The van der Waals surface area contributed by atoms with Crippen molar-refractivity contribution in [1.29, 1.82) is 0 Å². The van der Waals surface area contributed by atoms with Gasteiger partial charge in [0.2, 0.25) is 0 Å². The number of thiophene rings is 1. The summed E-state index contributed by atoms with van der Waals surface area (Å²) in [5.74, 6) is 0.865. The largest absolute Gasteiger partial charge is 0.496 e. The van der Waals surface area contributed by atoms with Gasteiger partial charge in [-0.1, -0.05) is 6.07 Å². The molecule has 1 fully saturated rings. The topological polar surface area (TPSA) is 50.8 Å². The Balaban J connectivity index is 1.76. The number of carbonyl (C=O) groups is 1. The number of carbonyl (C=O) groups excluding carboxylic acids is 1. The zero-order valence-corrected chi connectivity index (χ0v) is 15.5. The van der Waals surface area contributed by atoms with Crippen LogP contribution in [0, 0.1) is 0 Å². The molecule has 0 aliphatic carbocycles. The quantitative estimate of drug-likeness (QED) is 0.823. The lowest BCUT2D eigenvalue weighted by Crippen LogP contribution is -2.36. The molecule has 1 atom stereocenters. The van der Waals surface area contributed by atoms with Gasteiger partial charge in [-0.3, -0.25) is 9.69 Å². The minimum Gasteiger partial charge on any atom is -0.496 e. The number of benzene rings is 1. The van der Waals surface area contributed by atoms with Crippen LogP contribution in [0.2, 0.25) is 0 Å². The Morgan fingerprint density at radius 1 is 1.20 bits per heavy atom. The first kappa shape index (κ1) is 17.8. The number of amides is 1. The number of methoxy groups -OCH3 is 2. The van der Waals surface area contributed by atoms with Crippen molar-refractivity contribution >= 4 is 17.2 Å². The van der Waals surface area contributed by atoms with Crippen LogP contribution in [0.25, 0.3) is 0 Å². The van der Waals surface area contributed by atoms with Crippen molar-refractivity contribution < 1.29 is 14.3 Å². The van der Waals surface area contributed by atoms with Crippen molar-refractivity contribution in [2.75, 3.05) is 33.9 Å². The molecule has 0 bridgehead atoms. The zero-order valence-electron chi connectivity index (χ0n) is 14.7. The second-order valence-electron chi connectivity index (χ2n) is 6.06. The van der Waals surface area contributed by atoms with Crippen molar-refractivity contribution in [1.82, 2.24) is 10.2 Å². The zero-order chi connectivity index (χ0) is 17.6. The molecule has 1 aromatic carbocycles. The van der Waals surface area contributed by atoms with Crippen LogP contribution in [0.15, 0.2) is 35.0 Å². The van der Waals surface area contributed by atoms with E-state index in [1.807, 2.05) is 6.07 Å². The van der Waals surface area contributed by atoms with Gasteiger partial charge < -0.3 is 14.8 Å². The van der Waals surface area contributed by atoms with E-state index >= 15 is 0 Å². The minimum absolute atomic E-state index is 0.172. The maximum atomic E-state index is 12.8. The first-order valence-electron chi connectivity index (χ1n) is 8.50. The number of nitrogens with one attached hydrogen (secondary N) is 1. The molecular weight excluding hydrogens is 336 g/mol. The smallest absolute Gasteiger partial charge is 0.258 e. The van der Waals surface area contributed by atoms with Crippen LogP contribution in [-0.4, -0.2) is 44.7 Å². The lowest BCUT2D eigenvalue weighted by Gasteiger charge is -2.27. The van der Waals surface area contributed by atoms with Crippen molar-refractivity contribution in [3.05, 3.63) is 46.2 Å². The van der Waals surface area contributed by atoms with Crippen LogP contribution in [0.4, 0.5) is 0 Å². The van der Waals surface area contributed by atoms with E-state index in [9.17, 15) is 4.79 Å². The van der Waals surface area contributed by atoms with Gasteiger partial charge in [0, 0.05) is 6.54 Å². The molecule has 2 heterocycles. The third kappa shape index (κ3) is 3.96. The van der Waals surface area contributed by atoms with E-state index in [0.29, 0.717) is 23.6 Å². The number of hydrogen-bond acceptors (Lipinski definition) is 5. The highest BCUT2D eigenvalue weighted by Crippen LogP contribution is 2.29. The number of rotatable bonds is 7. The second-order valence-corrected chi connectivity index (χ2v) is 6.84. The van der Waals surface area contributed by atoms with Crippen LogP contribution < -0.4 is 14.8 Å². The molecule has 0 radical (unpaired) electrons. The molecule has 1 N–H and O–H groups in total. The number of nitrogens with zero attached hydrogens (tertiary/aromatic N) is 1. The Kier molecular flexibility index (Phi) is 5.94. The second kappa shape index (κ2) is 8.36. The van der Waals surface area contributed by atoms with Gasteiger partial charge in [0.25, 0.3) is 5.91 Å². The van der Waals surface area contributed by atoms with Crippen molar-refractivity contribution in [3.63, 3.8) is 0 Å². The van der Waals surface area contributed by atoms with E-state index in [4.69, 9.17) is 9.47 Å². The Labute approximate surface area is 152 Å². The molecule has 1 saturated heterocycles. The molecule has 1 aliphatic rings. The van der Waals surface area contributed by atoms with Gasteiger partial charge in [0.1, 0.15) is 17.1 Å². The predicted octanol–water partition coefficient (Wildman–Crippen LogP) is 3.33. The summed E-state index contributed by atoms with van der Waals surface area (Å²) in [6, 6.07) is 7.71. The fourth-order valence-corrected chi connectivity index (χ4v) is 4.04. The Morgan fingerprint density at radius 2 is 1.88 bits per heavy atom. The Hall–Kier alpha value is -2.05. The lowest BCUT2D eigenvalue weighted by atomic mass is 10.1. The van der Waals surface area contributed by atoms with E-state index in [-0.39, 0.29) is 11.9 Å². The van der Waals surface area contributed by atoms with Crippen molar-refractivity contribution in [2.45, 2.75) is 18.9 Å². The average Bonchev–Trinajstić information content (AvgIpc) is 3.35. The average molecular weight is 360 g/mol. The fraction of sp³-hybridized carbons (Fsp3) is 0.421. The number of ether oxygens (including phenoxy) is 2.